The molecule has 0 fully saturated rings. The first-order valence-electron chi connectivity index (χ1n) is 18.0. The molecule has 0 aliphatic heterocycles. The van der Waals surface area contributed by atoms with Crippen LogP contribution in [0, 0.1) is 0 Å². The van der Waals surface area contributed by atoms with E-state index in [1.165, 1.54) is 27.4 Å². The molecule has 0 N–H and O–H groups in total. The highest BCUT2D eigenvalue weighted by Crippen LogP contribution is 2.38. The number of furan rings is 1. The van der Waals surface area contributed by atoms with Crippen molar-refractivity contribution in [2.45, 2.75) is 19.6 Å². The Balaban J connectivity index is 1.18. The number of rotatable bonds is 7. The van der Waals surface area contributed by atoms with E-state index in [0.717, 1.165) is 49.8 Å². The van der Waals surface area contributed by atoms with Crippen LogP contribution in [0.1, 0.15) is 0 Å². The molecule has 0 saturated carbocycles. The first-order valence-corrected chi connectivity index (χ1v) is 21.5. The predicted octanol–water partition coefficient (Wildman–Crippen LogP) is 12.3. The molecule has 0 bridgehead atoms. The molecule has 0 amide bonds. The molecular formula is C48H37N3OSi. The number of hydrogen-bond acceptors (Lipinski definition) is 4. The van der Waals surface area contributed by atoms with Crippen molar-refractivity contribution in [2.75, 3.05) is 0 Å². The van der Waals surface area contributed by atoms with Gasteiger partial charge < -0.3 is 4.42 Å². The van der Waals surface area contributed by atoms with Gasteiger partial charge in [0.2, 0.25) is 0 Å². The molecule has 9 aromatic rings. The molecule has 0 radical (unpaired) electrons. The predicted molar refractivity (Wildman–Crippen MR) is 223 cm³/mol. The molecule has 9 rings (SSSR count). The standard InChI is InChI=1S/C48H37N3OSi/c1-53(2,3)40-30-42(36-17-11-6-12-18-36)45-41-28-27-39(29-43(41)52-44(45)31-40)48-50-46(37-23-19-34(20-24-37)32-13-7-4-8-14-32)49-47(51-48)38-25-21-35(22-26-38)33-15-9-5-10-16-33/h4-31H,1-3H3. The minimum absolute atomic E-state index is 0.595. The van der Waals surface area contributed by atoms with Crippen LogP contribution >= 0.6 is 0 Å². The van der Waals surface area contributed by atoms with E-state index < -0.39 is 8.07 Å². The van der Waals surface area contributed by atoms with Gasteiger partial charge in [-0.25, -0.2) is 15.0 Å². The molecule has 254 valence electrons. The zero-order valence-corrected chi connectivity index (χ0v) is 30.9. The van der Waals surface area contributed by atoms with Gasteiger partial charge in [0.05, 0.1) is 8.07 Å². The van der Waals surface area contributed by atoms with Crippen LogP contribution in [0.4, 0.5) is 0 Å². The molecule has 53 heavy (non-hydrogen) atoms. The fraction of sp³-hybridized carbons (Fsp3) is 0.0625. The maximum Gasteiger partial charge on any atom is 0.164 e. The molecule has 0 unspecified atom stereocenters. The molecule has 7 aromatic carbocycles. The Morgan fingerprint density at radius 1 is 0.377 bits per heavy atom. The summed E-state index contributed by atoms with van der Waals surface area (Å²) >= 11 is 0. The van der Waals surface area contributed by atoms with Gasteiger partial charge in [-0.3, -0.25) is 0 Å². The maximum atomic E-state index is 6.70. The van der Waals surface area contributed by atoms with Crippen molar-refractivity contribution >= 4 is 35.2 Å². The van der Waals surface area contributed by atoms with Crippen molar-refractivity contribution in [1.82, 2.24) is 15.0 Å². The number of benzene rings is 7. The van der Waals surface area contributed by atoms with Gasteiger partial charge in [-0.2, -0.15) is 0 Å². The summed E-state index contributed by atoms with van der Waals surface area (Å²) in [5.41, 5.74) is 11.4. The van der Waals surface area contributed by atoms with Gasteiger partial charge in [0.25, 0.3) is 0 Å². The average Bonchev–Trinajstić information content (AvgIpc) is 3.59. The Labute approximate surface area is 310 Å². The Morgan fingerprint density at radius 2 is 0.792 bits per heavy atom. The van der Waals surface area contributed by atoms with E-state index >= 15 is 0 Å². The minimum atomic E-state index is -1.64. The van der Waals surface area contributed by atoms with Crippen LogP contribution in [0.5, 0.6) is 0 Å². The monoisotopic (exact) mass is 699 g/mol. The van der Waals surface area contributed by atoms with Gasteiger partial charge in [0.1, 0.15) is 11.2 Å². The van der Waals surface area contributed by atoms with Gasteiger partial charge >= 0.3 is 0 Å². The highest BCUT2D eigenvalue weighted by molar-refractivity contribution is 6.88. The van der Waals surface area contributed by atoms with Crippen LogP contribution < -0.4 is 5.19 Å². The Hall–Kier alpha value is -6.43. The van der Waals surface area contributed by atoms with E-state index in [1.807, 2.05) is 12.1 Å². The van der Waals surface area contributed by atoms with Gasteiger partial charge in [0, 0.05) is 27.5 Å². The highest BCUT2D eigenvalue weighted by atomic mass is 28.3. The third-order valence-corrected chi connectivity index (χ3v) is 11.9. The summed E-state index contributed by atoms with van der Waals surface area (Å²) in [6, 6.07) is 59.3. The molecule has 0 saturated heterocycles. The second-order valence-electron chi connectivity index (χ2n) is 14.5. The van der Waals surface area contributed by atoms with Crippen LogP contribution in [-0.2, 0) is 0 Å². The molecular weight excluding hydrogens is 663 g/mol. The van der Waals surface area contributed by atoms with Gasteiger partial charge in [-0.1, -0.05) is 176 Å². The zero-order chi connectivity index (χ0) is 35.9. The molecule has 4 nitrogen and oxygen atoms in total. The summed E-state index contributed by atoms with van der Waals surface area (Å²) in [6.45, 7) is 7.14. The fourth-order valence-corrected chi connectivity index (χ4v) is 8.11. The summed E-state index contributed by atoms with van der Waals surface area (Å²) in [6.07, 6.45) is 0. The van der Waals surface area contributed by atoms with Crippen LogP contribution in [0.25, 0.3) is 89.5 Å². The number of aromatic nitrogens is 3. The first kappa shape index (κ1) is 32.5. The summed E-state index contributed by atoms with van der Waals surface area (Å²) in [5, 5.41) is 3.58. The van der Waals surface area contributed by atoms with E-state index in [9.17, 15) is 0 Å². The lowest BCUT2D eigenvalue weighted by atomic mass is 9.99. The van der Waals surface area contributed by atoms with Crippen LogP contribution in [0.15, 0.2) is 174 Å². The third-order valence-electron chi connectivity index (χ3n) is 9.92. The topological polar surface area (TPSA) is 51.8 Å². The molecule has 0 aliphatic carbocycles. The van der Waals surface area contributed by atoms with E-state index in [1.54, 1.807) is 0 Å². The maximum absolute atomic E-state index is 6.70. The molecule has 2 aromatic heterocycles. The second-order valence-corrected chi connectivity index (χ2v) is 19.6. The smallest absolute Gasteiger partial charge is 0.164 e. The summed E-state index contributed by atoms with van der Waals surface area (Å²) in [7, 11) is -1.64. The molecule has 2 heterocycles. The lowest BCUT2D eigenvalue weighted by Gasteiger charge is -2.18. The van der Waals surface area contributed by atoms with E-state index in [-0.39, 0.29) is 0 Å². The molecule has 5 heteroatoms. The average molecular weight is 700 g/mol. The largest absolute Gasteiger partial charge is 0.456 e. The number of nitrogens with zero attached hydrogens (tertiary/aromatic N) is 3. The van der Waals surface area contributed by atoms with Crippen LogP contribution in [-0.4, -0.2) is 23.0 Å². The lowest BCUT2D eigenvalue weighted by molar-refractivity contribution is 0.669. The minimum Gasteiger partial charge on any atom is -0.456 e. The quantitative estimate of drug-likeness (QED) is 0.155. The molecule has 0 spiro atoms. The van der Waals surface area contributed by atoms with Crippen LogP contribution in [0.3, 0.4) is 0 Å². The normalized spacial score (nSPS) is 11.7. The zero-order valence-electron chi connectivity index (χ0n) is 29.9. The summed E-state index contributed by atoms with van der Waals surface area (Å²) < 4.78 is 6.70. The van der Waals surface area contributed by atoms with Crippen molar-refractivity contribution < 1.29 is 4.42 Å². The number of fused-ring (bicyclic) bond motifs is 3. The van der Waals surface area contributed by atoms with Crippen molar-refractivity contribution in [3.63, 3.8) is 0 Å². The van der Waals surface area contributed by atoms with Crippen molar-refractivity contribution in [3.05, 3.63) is 170 Å². The van der Waals surface area contributed by atoms with Gasteiger partial charge in [0.15, 0.2) is 17.5 Å². The Morgan fingerprint density at radius 3 is 1.28 bits per heavy atom. The van der Waals surface area contributed by atoms with Gasteiger partial charge in [-0.05, 0) is 51.6 Å². The Kier molecular flexibility index (Phi) is 8.13. The lowest BCUT2D eigenvalue weighted by Crippen LogP contribution is -2.37. The Bertz CT molecular complexity index is 2620. The van der Waals surface area contributed by atoms with Crippen LogP contribution in [0.2, 0.25) is 19.6 Å². The SMILES string of the molecule is C[Si](C)(C)c1cc(-c2ccccc2)c2c(c1)oc1cc(-c3nc(-c4ccc(-c5ccccc5)cc4)nc(-c4ccc(-c5ccccc5)cc4)n3)ccc12. The second kappa shape index (κ2) is 13.3. The summed E-state index contributed by atoms with van der Waals surface area (Å²) in [5.74, 6) is 1.83. The van der Waals surface area contributed by atoms with Crippen molar-refractivity contribution in [1.29, 1.82) is 0 Å². The van der Waals surface area contributed by atoms with Crippen molar-refractivity contribution in [3.8, 4) is 67.5 Å². The highest BCUT2D eigenvalue weighted by Gasteiger charge is 2.22. The van der Waals surface area contributed by atoms with Gasteiger partial charge in [-0.15, -0.1) is 0 Å². The molecule has 0 atom stereocenters. The van der Waals surface area contributed by atoms with E-state index in [4.69, 9.17) is 19.4 Å². The summed E-state index contributed by atoms with van der Waals surface area (Å²) in [4.78, 5) is 15.2. The van der Waals surface area contributed by atoms with Crippen molar-refractivity contribution in [2.24, 2.45) is 0 Å². The molecule has 0 aliphatic rings. The third kappa shape index (κ3) is 6.37. The first-order chi connectivity index (χ1) is 25.9. The fourth-order valence-electron chi connectivity index (χ4n) is 6.97. The number of hydrogen-bond donors (Lipinski definition) is 0. The van der Waals surface area contributed by atoms with E-state index in [0.29, 0.717) is 17.5 Å². The van der Waals surface area contributed by atoms with E-state index in [2.05, 4.69) is 177 Å².